The van der Waals surface area contributed by atoms with Crippen LogP contribution in [-0.4, -0.2) is 15.6 Å². The van der Waals surface area contributed by atoms with E-state index in [2.05, 4.69) is 4.52 Å². The van der Waals surface area contributed by atoms with Crippen LogP contribution >= 0.6 is 16.3 Å². The molecule has 0 fully saturated rings. The van der Waals surface area contributed by atoms with Crippen LogP contribution in [0.1, 0.15) is 5.56 Å². The van der Waals surface area contributed by atoms with Gasteiger partial charge < -0.3 is 9.79 Å². The van der Waals surface area contributed by atoms with Crippen molar-refractivity contribution in [2.24, 2.45) is 0 Å². The highest BCUT2D eigenvalue weighted by Crippen LogP contribution is 2.44. The van der Waals surface area contributed by atoms with Crippen molar-refractivity contribution in [3.63, 3.8) is 0 Å². The molecule has 1 aromatic carbocycles. The minimum atomic E-state index is -4.39. The minimum absolute atomic E-state index is 0.0281. The average molecular weight is 248 g/mol. The Morgan fingerprint density at radius 1 is 1.33 bits per heavy atom. The van der Waals surface area contributed by atoms with Gasteiger partial charge in [0.25, 0.3) is 0 Å². The Morgan fingerprint density at radius 2 is 1.93 bits per heavy atom. The molecule has 0 heterocycles. The van der Waals surface area contributed by atoms with Crippen molar-refractivity contribution in [3.8, 4) is 0 Å². The molecule has 0 amide bonds. The van der Waals surface area contributed by atoms with E-state index >= 15 is 0 Å². The smallest absolute Gasteiger partial charge is 0.323 e. The topological polar surface area (TPSA) is 83.8 Å². The van der Waals surface area contributed by atoms with Gasteiger partial charge in [0, 0.05) is 6.42 Å². The summed E-state index contributed by atoms with van der Waals surface area (Å²) in [6.45, 7) is 0. The van der Waals surface area contributed by atoms with Crippen LogP contribution in [0.2, 0.25) is 0 Å². The fourth-order valence-corrected chi connectivity index (χ4v) is 2.31. The summed E-state index contributed by atoms with van der Waals surface area (Å²) >= 11 is 0. The van der Waals surface area contributed by atoms with Gasteiger partial charge in [-0.2, -0.15) is 0 Å². The molecule has 0 aliphatic heterocycles. The third kappa shape index (κ3) is 4.20. The first-order valence-corrected chi connectivity index (χ1v) is 6.53. The molecule has 82 valence electrons. The van der Waals surface area contributed by atoms with Crippen LogP contribution in [0.25, 0.3) is 0 Å². The first kappa shape index (κ1) is 12.5. The molecule has 1 unspecified atom stereocenters. The molecular formula is C8H10O5P2. The van der Waals surface area contributed by atoms with Crippen molar-refractivity contribution in [1.29, 1.82) is 0 Å². The number of rotatable bonds is 5. The Hall–Kier alpha value is -0.570. The molecule has 2 N–H and O–H groups in total. The number of benzene rings is 1. The summed E-state index contributed by atoms with van der Waals surface area (Å²) < 4.78 is 25.6. The summed E-state index contributed by atoms with van der Waals surface area (Å²) in [7, 11) is -5.12. The van der Waals surface area contributed by atoms with E-state index in [4.69, 9.17) is 9.79 Å². The van der Waals surface area contributed by atoms with Gasteiger partial charge in [0.05, 0.1) is 0 Å². The summed E-state index contributed by atoms with van der Waals surface area (Å²) in [6.07, 6.45) is 0.0281. The van der Waals surface area contributed by atoms with E-state index in [0.717, 1.165) is 5.56 Å². The third-order valence-corrected chi connectivity index (χ3v) is 3.34. The van der Waals surface area contributed by atoms with E-state index in [0.29, 0.717) is 0 Å². The molecule has 0 saturated carbocycles. The quantitative estimate of drug-likeness (QED) is 0.778. The summed E-state index contributed by atoms with van der Waals surface area (Å²) in [5, 5.41) is 0. The zero-order chi connectivity index (χ0) is 11.3. The molecule has 0 aromatic heterocycles. The number of hydrogen-bond acceptors (Lipinski definition) is 3. The Morgan fingerprint density at radius 3 is 2.40 bits per heavy atom. The zero-order valence-electron chi connectivity index (χ0n) is 7.68. The minimum Gasteiger partial charge on any atom is -0.323 e. The van der Waals surface area contributed by atoms with Crippen LogP contribution in [0, 0.1) is 0 Å². The maximum atomic E-state index is 11.0. The van der Waals surface area contributed by atoms with Crippen LogP contribution in [-0.2, 0) is 20.1 Å². The third-order valence-electron chi connectivity index (χ3n) is 1.79. The molecule has 7 heteroatoms. The van der Waals surface area contributed by atoms with Crippen LogP contribution in [0.15, 0.2) is 30.3 Å². The zero-order valence-corrected chi connectivity index (χ0v) is 9.47. The summed E-state index contributed by atoms with van der Waals surface area (Å²) in [5.74, 6) is -1.36. The van der Waals surface area contributed by atoms with Crippen LogP contribution in [0.5, 0.6) is 0 Å². The Kier molecular flexibility index (Phi) is 4.58. The van der Waals surface area contributed by atoms with Crippen molar-refractivity contribution in [3.05, 3.63) is 35.9 Å². The van der Waals surface area contributed by atoms with Crippen molar-refractivity contribution >= 4 is 16.3 Å². The highest BCUT2D eigenvalue weighted by Gasteiger charge is 2.30. The fourth-order valence-electron chi connectivity index (χ4n) is 1.08. The SMILES string of the molecule is O=POC(Cc1ccccc1)P(=O)(O)O. The second kappa shape index (κ2) is 5.50. The molecule has 0 radical (unpaired) electrons. The van der Waals surface area contributed by atoms with E-state index in [1.54, 1.807) is 30.3 Å². The maximum absolute atomic E-state index is 11.0. The normalized spacial score (nSPS) is 14.0. The van der Waals surface area contributed by atoms with Gasteiger partial charge in [0.2, 0.25) is 0 Å². The van der Waals surface area contributed by atoms with Crippen LogP contribution in [0.3, 0.4) is 0 Å². The average Bonchev–Trinajstić information content (AvgIpc) is 2.17. The lowest BCUT2D eigenvalue weighted by atomic mass is 10.2. The summed E-state index contributed by atoms with van der Waals surface area (Å²) in [4.78, 5) is 17.8. The van der Waals surface area contributed by atoms with E-state index in [1.807, 2.05) is 0 Å². The van der Waals surface area contributed by atoms with E-state index in [1.165, 1.54) is 0 Å². The Balaban J connectivity index is 2.76. The van der Waals surface area contributed by atoms with Gasteiger partial charge in [-0.05, 0) is 5.56 Å². The first-order chi connectivity index (χ1) is 7.04. The molecular weight excluding hydrogens is 238 g/mol. The van der Waals surface area contributed by atoms with Crippen molar-refractivity contribution in [2.45, 2.75) is 12.3 Å². The van der Waals surface area contributed by atoms with Crippen molar-refractivity contribution in [2.75, 3.05) is 0 Å². The lowest BCUT2D eigenvalue weighted by molar-refractivity contribution is 0.239. The molecule has 0 aliphatic rings. The van der Waals surface area contributed by atoms with Gasteiger partial charge >= 0.3 is 16.3 Å². The lowest BCUT2D eigenvalue weighted by Gasteiger charge is -2.14. The van der Waals surface area contributed by atoms with Gasteiger partial charge in [-0.1, -0.05) is 30.3 Å². The van der Waals surface area contributed by atoms with Crippen molar-refractivity contribution in [1.82, 2.24) is 0 Å². The molecule has 5 nitrogen and oxygen atoms in total. The van der Waals surface area contributed by atoms with Gasteiger partial charge in [-0.15, -0.1) is 0 Å². The Labute approximate surface area is 88.5 Å². The van der Waals surface area contributed by atoms with Gasteiger partial charge in [0.15, 0.2) is 5.85 Å². The maximum Gasteiger partial charge on any atom is 0.355 e. The van der Waals surface area contributed by atoms with Gasteiger partial charge in [-0.3, -0.25) is 9.09 Å². The Bertz CT molecular complexity index is 361. The number of hydrogen-bond donors (Lipinski definition) is 2. The molecule has 0 spiro atoms. The lowest BCUT2D eigenvalue weighted by Crippen LogP contribution is -2.12. The predicted octanol–water partition coefficient (Wildman–Crippen LogP) is 1.96. The molecule has 1 rings (SSSR count). The van der Waals surface area contributed by atoms with Gasteiger partial charge in [0.1, 0.15) is 0 Å². The van der Waals surface area contributed by atoms with Gasteiger partial charge in [-0.25, -0.2) is 4.57 Å². The van der Waals surface area contributed by atoms with E-state index in [-0.39, 0.29) is 6.42 Å². The van der Waals surface area contributed by atoms with E-state index < -0.39 is 22.1 Å². The fraction of sp³-hybridized carbons (Fsp3) is 0.250. The van der Waals surface area contributed by atoms with E-state index in [9.17, 15) is 9.13 Å². The second-order valence-corrected chi connectivity index (χ2v) is 5.03. The molecule has 1 atom stereocenters. The molecule has 15 heavy (non-hydrogen) atoms. The molecule has 0 saturated heterocycles. The standard InChI is InChI=1S/C8H10O5P2/c9-14-13-8(15(10,11)12)6-7-4-2-1-3-5-7/h1-5,8H,6H2,(H2,10,11,12). The first-order valence-electron chi connectivity index (χ1n) is 4.11. The summed E-state index contributed by atoms with van der Waals surface area (Å²) in [5.41, 5.74) is 0.717. The monoisotopic (exact) mass is 248 g/mol. The second-order valence-electron chi connectivity index (χ2n) is 2.91. The molecule has 1 aromatic rings. The predicted molar refractivity (Wildman–Crippen MR) is 54.7 cm³/mol. The van der Waals surface area contributed by atoms with Crippen LogP contribution < -0.4 is 0 Å². The highest BCUT2D eigenvalue weighted by molar-refractivity contribution is 7.52. The van der Waals surface area contributed by atoms with Crippen LogP contribution in [0.4, 0.5) is 0 Å². The molecule has 0 bridgehead atoms. The largest absolute Gasteiger partial charge is 0.355 e. The van der Waals surface area contributed by atoms with Crippen molar-refractivity contribution < 1.29 is 23.4 Å². The molecule has 0 aliphatic carbocycles. The summed E-state index contributed by atoms with van der Waals surface area (Å²) in [6, 6.07) is 8.73. The highest BCUT2D eigenvalue weighted by atomic mass is 31.2.